The summed E-state index contributed by atoms with van der Waals surface area (Å²) < 4.78 is 38.2. The molecule has 2 heterocycles. The predicted octanol–water partition coefficient (Wildman–Crippen LogP) is 3.39. The fourth-order valence-electron chi connectivity index (χ4n) is 3.60. The Balaban J connectivity index is 1.54. The van der Waals surface area contributed by atoms with Crippen molar-refractivity contribution in [3.8, 4) is 11.5 Å². The van der Waals surface area contributed by atoms with E-state index in [1.165, 1.54) is 22.5 Å². The second-order valence-corrected chi connectivity index (χ2v) is 9.70. The van der Waals surface area contributed by atoms with E-state index in [1.807, 2.05) is 25.1 Å². The maximum atomic E-state index is 12.9. The molecule has 1 N–H and O–H groups in total. The Morgan fingerprint density at radius 2 is 1.77 bits per heavy atom. The number of rotatable bonds is 5. The second-order valence-electron chi connectivity index (χ2n) is 7.35. The molecule has 1 saturated heterocycles. The summed E-state index contributed by atoms with van der Waals surface area (Å²) in [7, 11) is -3.64. The van der Waals surface area contributed by atoms with E-state index >= 15 is 0 Å². The number of carbonyl (C=O) groups is 1. The third-order valence-electron chi connectivity index (χ3n) is 5.30. The van der Waals surface area contributed by atoms with Crippen molar-refractivity contribution >= 4 is 27.5 Å². The van der Waals surface area contributed by atoms with Crippen molar-refractivity contribution in [3.63, 3.8) is 0 Å². The summed E-state index contributed by atoms with van der Waals surface area (Å²) in [6, 6.07) is 9.39. The van der Waals surface area contributed by atoms with Gasteiger partial charge in [0.25, 0.3) is 5.91 Å². The Hall–Kier alpha value is -2.29. The summed E-state index contributed by atoms with van der Waals surface area (Å²) in [4.78, 5) is 13.0. The number of amides is 1. The summed E-state index contributed by atoms with van der Waals surface area (Å²) in [6.07, 6.45) is 1.68. The van der Waals surface area contributed by atoms with Gasteiger partial charge in [0.15, 0.2) is 11.5 Å². The zero-order chi connectivity index (χ0) is 21.3. The summed E-state index contributed by atoms with van der Waals surface area (Å²) in [5.74, 6) is 0.865. The number of hydrogen-bond donors (Lipinski definition) is 1. The van der Waals surface area contributed by atoms with Gasteiger partial charge in [-0.2, -0.15) is 4.31 Å². The first-order valence-corrected chi connectivity index (χ1v) is 11.7. The highest BCUT2D eigenvalue weighted by Crippen LogP contribution is 2.33. The van der Waals surface area contributed by atoms with Crippen LogP contribution in [-0.2, 0) is 10.0 Å². The third-order valence-corrected chi connectivity index (χ3v) is 7.52. The van der Waals surface area contributed by atoms with E-state index in [4.69, 9.17) is 21.1 Å². The van der Waals surface area contributed by atoms with Crippen LogP contribution in [0.4, 0.5) is 0 Å². The van der Waals surface area contributed by atoms with Gasteiger partial charge < -0.3 is 14.8 Å². The van der Waals surface area contributed by atoms with Gasteiger partial charge in [-0.05, 0) is 55.7 Å². The summed E-state index contributed by atoms with van der Waals surface area (Å²) >= 11 is 6.22. The molecule has 2 aromatic carbocycles. The quantitative estimate of drug-likeness (QED) is 0.754. The number of halogens is 1. The van der Waals surface area contributed by atoms with Crippen LogP contribution in [0, 0.1) is 0 Å². The highest BCUT2D eigenvalue weighted by atomic mass is 35.5. The maximum Gasteiger partial charge on any atom is 0.253 e. The average molecular weight is 451 g/mol. The number of ether oxygens (including phenoxy) is 2. The third kappa shape index (κ3) is 4.12. The van der Waals surface area contributed by atoms with Gasteiger partial charge in [-0.3, -0.25) is 4.79 Å². The van der Waals surface area contributed by atoms with Crippen molar-refractivity contribution in [2.24, 2.45) is 0 Å². The molecule has 0 bridgehead atoms. The highest BCUT2D eigenvalue weighted by Gasteiger charge is 2.28. The van der Waals surface area contributed by atoms with Gasteiger partial charge >= 0.3 is 0 Å². The minimum atomic E-state index is -3.64. The van der Waals surface area contributed by atoms with Gasteiger partial charge in [0, 0.05) is 13.1 Å². The molecule has 0 saturated carbocycles. The second kappa shape index (κ2) is 8.45. The van der Waals surface area contributed by atoms with Crippen LogP contribution in [-0.4, -0.2) is 44.9 Å². The number of nitrogens with one attached hydrogen (secondary N) is 1. The van der Waals surface area contributed by atoms with E-state index in [-0.39, 0.29) is 21.5 Å². The van der Waals surface area contributed by atoms with Crippen LogP contribution in [0.5, 0.6) is 11.5 Å². The maximum absolute atomic E-state index is 12.9. The minimum Gasteiger partial charge on any atom is -0.486 e. The van der Waals surface area contributed by atoms with E-state index in [2.05, 4.69) is 5.32 Å². The lowest BCUT2D eigenvalue weighted by molar-refractivity contribution is 0.0939. The molecule has 2 aliphatic heterocycles. The zero-order valence-corrected chi connectivity index (χ0v) is 18.1. The van der Waals surface area contributed by atoms with Crippen molar-refractivity contribution in [2.75, 3.05) is 26.3 Å². The molecular weight excluding hydrogens is 428 g/mol. The van der Waals surface area contributed by atoms with E-state index in [0.717, 1.165) is 18.4 Å². The lowest BCUT2D eigenvalue weighted by Crippen LogP contribution is -2.29. The van der Waals surface area contributed by atoms with Crippen LogP contribution in [0.25, 0.3) is 0 Å². The molecule has 0 radical (unpaired) electrons. The Bertz CT molecular complexity index is 1070. The number of nitrogens with zero attached hydrogens (tertiary/aromatic N) is 1. The Morgan fingerprint density at radius 3 is 2.50 bits per heavy atom. The van der Waals surface area contributed by atoms with Gasteiger partial charge in [0.2, 0.25) is 10.0 Å². The zero-order valence-electron chi connectivity index (χ0n) is 16.6. The van der Waals surface area contributed by atoms with Crippen LogP contribution in [0.1, 0.15) is 41.7 Å². The summed E-state index contributed by atoms with van der Waals surface area (Å²) in [5, 5.41) is 3.08. The topological polar surface area (TPSA) is 84.9 Å². The Kier molecular flexibility index (Phi) is 5.90. The number of hydrogen-bond acceptors (Lipinski definition) is 5. The molecule has 7 nitrogen and oxygen atoms in total. The summed E-state index contributed by atoms with van der Waals surface area (Å²) in [5.41, 5.74) is 0.964. The fourth-order valence-corrected chi connectivity index (χ4v) is 5.35. The molecule has 2 aliphatic rings. The lowest BCUT2D eigenvalue weighted by atomic mass is 10.1. The van der Waals surface area contributed by atoms with Crippen molar-refractivity contribution in [1.29, 1.82) is 0 Å². The SMILES string of the molecule is CC(NC(=O)c1cc(S(=O)(=O)N2CCCC2)ccc1Cl)c1ccc2c(c1)OCCO2. The largest absolute Gasteiger partial charge is 0.486 e. The minimum absolute atomic E-state index is 0.0749. The van der Waals surface area contributed by atoms with E-state index in [1.54, 1.807) is 0 Å². The lowest BCUT2D eigenvalue weighted by Gasteiger charge is -2.21. The number of sulfonamides is 1. The first kappa shape index (κ1) is 21.0. The molecule has 30 heavy (non-hydrogen) atoms. The number of carbonyl (C=O) groups excluding carboxylic acids is 1. The van der Waals surface area contributed by atoms with Gasteiger partial charge in [0.1, 0.15) is 13.2 Å². The van der Waals surface area contributed by atoms with Crippen molar-refractivity contribution < 1.29 is 22.7 Å². The molecule has 9 heteroatoms. The first-order chi connectivity index (χ1) is 14.4. The molecule has 2 aromatic rings. The van der Waals surface area contributed by atoms with Crippen LogP contribution in [0.3, 0.4) is 0 Å². The molecule has 160 valence electrons. The molecule has 1 amide bonds. The fraction of sp³-hybridized carbons (Fsp3) is 0.381. The molecule has 0 aromatic heterocycles. The molecule has 1 fully saturated rings. The van der Waals surface area contributed by atoms with Crippen molar-refractivity contribution in [2.45, 2.75) is 30.7 Å². The molecule has 0 spiro atoms. The van der Waals surface area contributed by atoms with Gasteiger partial charge in [-0.1, -0.05) is 17.7 Å². The van der Waals surface area contributed by atoms with Crippen LogP contribution in [0.2, 0.25) is 5.02 Å². The number of fused-ring (bicyclic) bond motifs is 1. The van der Waals surface area contributed by atoms with E-state index in [0.29, 0.717) is 37.8 Å². The average Bonchev–Trinajstić information content (AvgIpc) is 3.29. The van der Waals surface area contributed by atoms with Gasteiger partial charge in [-0.25, -0.2) is 8.42 Å². The van der Waals surface area contributed by atoms with Crippen LogP contribution >= 0.6 is 11.6 Å². The normalized spacial score (nSPS) is 17.5. The predicted molar refractivity (Wildman–Crippen MR) is 113 cm³/mol. The highest BCUT2D eigenvalue weighted by molar-refractivity contribution is 7.89. The van der Waals surface area contributed by atoms with Crippen LogP contribution in [0.15, 0.2) is 41.3 Å². The van der Waals surface area contributed by atoms with Crippen molar-refractivity contribution in [3.05, 3.63) is 52.5 Å². The number of benzene rings is 2. The van der Waals surface area contributed by atoms with Gasteiger partial charge in [-0.15, -0.1) is 0 Å². The molecular formula is C21H23ClN2O5S. The standard InChI is InChI=1S/C21H23ClN2O5S/c1-14(15-4-7-19-20(12-15)29-11-10-28-19)23-21(25)17-13-16(5-6-18(17)22)30(26,27)24-8-2-3-9-24/h4-7,12-14H,2-3,8-11H2,1H3,(H,23,25). The first-order valence-electron chi connectivity index (χ1n) is 9.86. The smallest absolute Gasteiger partial charge is 0.253 e. The Labute approximate surface area is 181 Å². The monoisotopic (exact) mass is 450 g/mol. The van der Waals surface area contributed by atoms with E-state index in [9.17, 15) is 13.2 Å². The molecule has 1 unspecified atom stereocenters. The van der Waals surface area contributed by atoms with Gasteiger partial charge in [0.05, 0.1) is 21.5 Å². The molecule has 0 aliphatic carbocycles. The molecule has 4 rings (SSSR count). The molecule has 1 atom stereocenters. The van der Waals surface area contributed by atoms with Crippen molar-refractivity contribution in [1.82, 2.24) is 9.62 Å². The van der Waals surface area contributed by atoms with Crippen LogP contribution < -0.4 is 14.8 Å². The summed E-state index contributed by atoms with van der Waals surface area (Å²) in [6.45, 7) is 3.81. The van der Waals surface area contributed by atoms with E-state index < -0.39 is 15.9 Å². The Morgan fingerprint density at radius 1 is 1.07 bits per heavy atom.